The Hall–Kier alpha value is -2.50. The number of imidazole rings is 1. The first-order valence-electron chi connectivity index (χ1n) is 7.24. The van der Waals surface area contributed by atoms with Crippen LogP contribution in [0, 0.1) is 11.6 Å². The summed E-state index contributed by atoms with van der Waals surface area (Å²) in [5, 5.41) is 0. The van der Waals surface area contributed by atoms with Gasteiger partial charge in [-0.25, -0.2) is 18.7 Å². The summed E-state index contributed by atoms with van der Waals surface area (Å²) in [5.41, 5.74) is 1.88. The monoisotopic (exact) mass is 300 g/mol. The normalized spacial score (nSPS) is 18.3. The van der Waals surface area contributed by atoms with Gasteiger partial charge in [-0.1, -0.05) is 0 Å². The molecular formula is C16H14F2N4. The van der Waals surface area contributed by atoms with Crippen molar-refractivity contribution in [3.8, 4) is 0 Å². The number of H-pyrrole nitrogens is 1. The third-order valence-corrected chi connectivity index (χ3v) is 4.13. The summed E-state index contributed by atoms with van der Waals surface area (Å²) < 4.78 is 27.6. The fraction of sp³-hybridized carbons (Fsp3) is 0.250. The lowest BCUT2D eigenvalue weighted by Crippen LogP contribution is -2.24. The number of rotatable bonds is 2. The maximum atomic E-state index is 14.1. The van der Waals surface area contributed by atoms with E-state index in [0.717, 1.165) is 36.8 Å². The van der Waals surface area contributed by atoms with Crippen molar-refractivity contribution < 1.29 is 8.78 Å². The van der Waals surface area contributed by atoms with Crippen molar-refractivity contribution in [1.82, 2.24) is 15.0 Å². The van der Waals surface area contributed by atoms with Crippen molar-refractivity contribution in [2.24, 2.45) is 0 Å². The zero-order chi connectivity index (χ0) is 15.1. The predicted octanol–water partition coefficient (Wildman–Crippen LogP) is 3.58. The fourth-order valence-electron chi connectivity index (χ4n) is 3.11. The maximum Gasteiger partial charge on any atom is 0.159 e. The highest BCUT2D eigenvalue weighted by Gasteiger charge is 2.29. The fourth-order valence-corrected chi connectivity index (χ4v) is 3.11. The average molecular weight is 300 g/mol. The van der Waals surface area contributed by atoms with Crippen LogP contribution >= 0.6 is 0 Å². The van der Waals surface area contributed by atoms with Crippen LogP contribution in [0.4, 0.5) is 14.6 Å². The molecule has 1 aromatic carbocycles. The molecular weight excluding hydrogens is 286 g/mol. The lowest BCUT2D eigenvalue weighted by atomic mass is 10.0. The minimum Gasteiger partial charge on any atom is -0.349 e. The number of pyridine rings is 1. The van der Waals surface area contributed by atoms with E-state index in [-0.39, 0.29) is 11.9 Å². The lowest BCUT2D eigenvalue weighted by molar-refractivity contribution is 0.560. The number of nitrogens with zero attached hydrogens (tertiary/aromatic N) is 3. The van der Waals surface area contributed by atoms with Crippen LogP contribution in [0.5, 0.6) is 0 Å². The molecule has 4 nitrogen and oxygen atoms in total. The summed E-state index contributed by atoms with van der Waals surface area (Å²) >= 11 is 0. The molecule has 0 spiro atoms. The molecule has 112 valence electrons. The van der Waals surface area contributed by atoms with Crippen LogP contribution in [0.1, 0.15) is 24.4 Å². The second-order valence-electron chi connectivity index (χ2n) is 5.46. The van der Waals surface area contributed by atoms with Gasteiger partial charge in [-0.3, -0.25) is 0 Å². The summed E-state index contributed by atoms with van der Waals surface area (Å²) in [7, 11) is 0. The van der Waals surface area contributed by atoms with Crippen molar-refractivity contribution in [3.63, 3.8) is 0 Å². The largest absolute Gasteiger partial charge is 0.349 e. The Kier molecular flexibility index (Phi) is 3.03. The Balaban J connectivity index is 1.75. The molecule has 0 saturated carbocycles. The molecule has 22 heavy (non-hydrogen) atoms. The van der Waals surface area contributed by atoms with Gasteiger partial charge in [-0.15, -0.1) is 0 Å². The summed E-state index contributed by atoms with van der Waals surface area (Å²) in [6, 6.07) is 7.18. The van der Waals surface area contributed by atoms with Crippen molar-refractivity contribution in [2.45, 2.75) is 18.9 Å². The standard InChI is InChI=1S/C16H14F2N4/c17-10-3-4-12(18)11(8-10)14-2-1-7-22(14)15-6-5-13-16(21-15)20-9-19-13/h3-6,8-9,14H,1-2,7H2,(H,19,20,21)/t14-/m1/s1. The molecule has 0 radical (unpaired) electrons. The molecule has 1 fully saturated rings. The Morgan fingerprint density at radius 2 is 2.09 bits per heavy atom. The predicted molar refractivity (Wildman–Crippen MR) is 79.6 cm³/mol. The Bertz CT molecular complexity index is 830. The molecule has 1 aliphatic rings. The van der Waals surface area contributed by atoms with Gasteiger partial charge in [0, 0.05) is 12.1 Å². The van der Waals surface area contributed by atoms with Gasteiger partial charge in [0.15, 0.2) is 5.65 Å². The van der Waals surface area contributed by atoms with Crippen LogP contribution < -0.4 is 4.90 Å². The molecule has 4 rings (SSSR count). The Morgan fingerprint density at radius 1 is 1.18 bits per heavy atom. The van der Waals surface area contributed by atoms with E-state index in [1.54, 1.807) is 6.33 Å². The molecule has 1 N–H and O–H groups in total. The minimum absolute atomic E-state index is 0.191. The third-order valence-electron chi connectivity index (χ3n) is 4.13. The Labute approximate surface area is 125 Å². The number of fused-ring (bicyclic) bond motifs is 1. The molecule has 0 aliphatic carbocycles. The van der Waals surface area contributed by atoms with Gasteiger partial charge in [0.05, 0.1) is 12.4 Å². The molecule has 1 saturated heterocycles. The van der Waals surface area contributed by atoms with Gasteiger partial charge in [-0.2, -0.15) is 0 Å². The van der Waals surface area contributed by atoms with E-state index >= 15 is 0 Å². The number of halogens is 2. The van der Waals surface area contributed by atoms with E-state index in [2.05, 4.69) is 15.0 Å². The number of benzene rings is 1. The minimum atomic E-state index is -0.416. The molecule has 3 aromatic rings. The molecule has 1 atom stereocenters. The number of aromatic nitrogens is 3. The van der Waals surface area contributed by atoms with Gasteiger partial charge in [0.25, 0.3) is 0 Å². The van der Waals surface area contributed by atoms with Crippen LogP contribution in [0.15, 0.2) is 36.7 Å². The number of anilines is 1. The van der Waals surface area contributed by atoms with Gasteiger partial charge in [0.1, 0.15) is 23.0 Å². The number of aromatic amines is 1. The Morgan fingerprint density at radius 3 is 3.00 bits per heavy atom. The van der Waals surface area contributed by atoms with Gasteiger partial charge in [0.2, 0.25) is 0 Å². The first-order valence-corrected chi connectivity index (χ1v) is 7.24. The number of hydrogen-bond donors (Lipinski definition) is 1. The van der Waals surface area contributed by atoms with Gasteiger partial charge < -0.3 is 9.88 Å². The maximum absolute atomic E-state index is 14.1. The first kappa shape index (κ1) is 13.2. The molecule has 1 aliphatic heterocycles. The molecule has 6 heteroatoms. The average Bonchev–Trinajstić information content (AvgIpc) is 3.17. The van der Waals surface area contributed by atoms with Crippen molar-refractivity contribution in [1.29, 1.82) is 0 Å². The zero-order valence-corrected chi connectivity index (χ0v) is 11.8. The second kappa shape index (κ2) is 5.05. The van der Waals surface area contributed by atoms with Crippen molar-refractivity contribution in [2.75, 3.05) is 11.4 Å². The highest BCUT2D eigenvalue weighted by atomic mass is 19.1. The lowest BCUT2D eigenvalue weighted by Gasteiger charge is -2.26. The van der Waals surface area contributed by atoms with E-state index in [0.29, 0.717) is 11.2 Å². The van der Waals surface area contributed by atoms with E-state index in [4.69, 9.17) is 0 Å². The molecule has 0 bridgehead atoms. The highest BCUT2D eigenvalue weighted by molar-refractivity contribution is 5.72. The highest BCUT2D eigenvalue weighted by Crippen LogP contribution is 2.36. The second-order valence-corrected chi connectivity index (χ2v) is 5.46. The summed E-state index contributed by atoms with van der Waals surface area (Å²) in [5.74, 6) is -0.0379. The quantitative estimate of drug-likeness (QED) is 0.787. The van der Waals surface area contributed by atoms with E-state index < -0.39 is 5.82 Å². The summed E-state index contributed by atoms with van der Waals surface area (Å²) in [6.45, 7) is 0.771. The smallest absolute Gasteiger partial charge is 0.159 e. The van der Waals surface area contributed by atoms with E-state index in [9.17, 15) is 8.78 Å². The summed E-state index contributed by atoms with van der Waals surface area (Å²) in [6.07, 6.45) is 3.29. The zero-order valence-electron chi connectivity index (χ0n) is 11.8. The SMILES string of the molecule is Fc1ccc(F)c([C@H]2CCCN2c2ccc3nc[nH]c3n2)c1. The third kappa shape index (κ3) is 2.11. The molecule has 2 aromatic heterocycles. The molecule has 0 amide bonds. The topological polar surface area (TPSA) is 44.8 Å². The van der Waals surface area contributed by atoms with Crippen molar-refractivity contribution in [3.05, 3.63) is 53.9 Å². The van der Waals surface area contributed by atoms with Crippen LogP contribution in [0.25, 0.3) is 11.2 Å². The molecule has 3 heterocycles. The van der Waals surface area contributed by atoms with Crippen molar-refractivity contribution >= 4 is 17.0 Å². The van der Waals surface area contributed by atoms with Gasteiger partial charge in [-0.05, 0) is 43.2 Å². The summed E-state index contributed by atoms with van der Waals surface area (Å²) in [4.78, 5) is 13.7. The van der Waals surface area contributed by atoms with Crippen LogP contribution in [-0.4, -0.2) is 21.5 Å². The number of hydrogen-bond acceptors (Lipinski definition) is 3. The van der Waals surface area contributed by atoms with Crippen LogP contribution in [0.3, 0.4) is 0 Å². The first-order chi connectivity index (χ1) is 10.7. The van der Waals surface area contributed by atoms with Crippen LogP contribution in [-0.2, 0) is 0 Å². The van der Waals surface area contributed by atoms with E-state index in [1.807, 2.05) is 17.0 Å². The van der Waals surface area contributed by atoms with Crippen LogP contribution in [0.2, 0.25) is 0 Å². The molecule has 0 unspecified atom stereocenters. The van der Waals surface area contributed by atoms with Gasteiger partial charge >= 0.3 is 0 Å². The number of nitrogens with one attached hydrogen (secondary N) is 1. The van der Waals surface area contributed by atoms with E-state index in [1.165, 1.54) is 12.1 Å².